The predicted molar refractivity (Wildman–Crippen MR) is 168 cm³/mol. The van der Waals surface area contributed by atoms with Gasteiger partial charge in [-0.2, -0.15) is 0 Å². The molecule has 14 nitrogen and oxygen atoms in total. The minimum Gasteiger partial charge on any atom is -0.483 e. The summed E-state index contributed by atoms with van der Waals surface area (Å²) in [4.78, 5) is 63.5. The second kappa shape index (κ2) is 33.8. The number of aliphatic hydroxyl groups excluding tert-OH is 1. The number of rotatable bonds is 15. The first-order chi connectivity index (χ1) is 20.8. The highest BCUT2D eigenvalue weighted by molar-refractivity contribution is 5.78. The summed E-state index contributed by atoms with van der Waals surface area (Å²) >= 11 is 0. The minimum atomic E-state index is -0.885. The lowest BCUT2D eigenvalue weighted by Gasteiger charge is -2.32. The van der Waals surface area contributed by atoms with E-state index in [9.17, 15) is 24.3 Å². The fraction of sp³-hybridized carbons (Fsp3) is 0.828. The molecule has 1 fully saturated rings. The highest BCUT2D eigenvalue weighted by Crippen LogP contribution is 2.01. The van der Waals surface area contributed by atoms with E-state index in [1.54, 1.807) is 0 Å². The van der Waals surface area contributed by atoms with Crippen LogP contribution in [0.4, 0.5) is 0 Å². The number of unbranched alkanes of at least 4 members (excludes halogenated alkanes) is 2. The number of amides is 2. The third-order valence-electron chi connectivity index (χ3n) is 6.44. The van der Waals surface area contributed by atoms with Gasteiger partial charge in [-0.1, -0.05) is 34.1 Å². The lowest BCUT2D eigenvalue weighted by molar-refractivity contribution is -0.138. The van der Waals surface area contributed by atoms with Crippen LogP contribution in [0.1, 0.15) is 59.8 Å². The van der Waals surface area contributed by atoms with Gasteiger partial charge < -0.3 is 35.6 Å². The molecule has 0 bridgehead atoms. The van der Waals surface area contributed by atoms with Gasteiger partial charge >= 0.3 is 5.97 Å². The van der Waals surface area contributed by atoms with Gasteiger partial charge in [-0.3, -0.25) is 33.9 Å². The van der Waals surface area contributed by atoms with Crippen LogP contribution in [0, 0.1) is 0 Å². The fourth-order valence-electron chi connectivity index (χ4n) is 4.08. The Bertz CT molecular complexity index is 702. The smallest absolute Gasteiger partial charge is 0.317 e. The molecule has 0 aromatic rings. The Morgan fingerprint density at radius 2 is 1.14 bits per heavy atom. The largest absolute Gasteiger partial charge is 0.483 e. The molecule has 2 amide bonds. The Morgan fingerprint density at radius 3 is 1.60 bits per heavy atom. The van der Waals surface area contributed by atoms with Crippen molar-refractivity contribution in [3.05, 3.63) is 0 Å². The summed E-state index contributed by atoms with van der Waals surface area (Å²) in [7, 11) is 1.00. The van der Waals surface area contributed by atoms with Crippen molar-refractivity contribution < 1.29 is 39.3 Å². The van der Waals surface area contributed by atoms with E-state index in [1.807, 2.05) is 18.7 Å². The highest BCUT2D eigenvalue weighted by Gasteiger charge is 2.18. The van der Waals surface area contributed by atoms with Gasteiger partial charge in [0.2, 0.25) is 11.8 Å². The van der Waals surface area contributed by atoms with Crippen molar-refractivity contribution in [2.75, 3.05) is 98.7 Å². The van der Waals surface area contributed by atoms with Gasteiger partial charge in [0.25, 0.3) is 6.47 Å². The van der Waals surface area contributed by atoms with Crippen LogP contribution in [-0.2, 0) is 24.0 Å². The molecular formula is C29H60N6O8. The summed E-state index contributed by atoms with van der Waals surface area (Å²) in [5.41, 5.74) is 0. The molecule has 1 aliphatic heterocycles. The summed E-state index contributed by atoms with van der Waals surface area (Å²) in [5.74, 6) is -0.876. The number of hydrogen-bond acceptors (Lipinski definition) is 10. The Morgan fingerprint density at radius 1 is 0.698 bits per heavy atom. The molecule has 0 aromatic carbocycles. The number of aldehydes is 1. The van der Waals surface area contributed by atoms with Crippen molar-refractivity contribution in [2.45, 2.75) is 59.8 Å². The summed E-state index contributed by atoms with van der Waals surface area (Å²) < 4.78 is 0. The van der Waals surface area contributed by atoms with Gasteiger partial charge in [-0.05, 0) is 25.8 Å². The molecule has 254 valence electrons. The van der Waals surface area contributed by atoms with E-state index in [0.717, 1.165) is 71.8 Å². The zero-order chi connectivity index (χ0) is 33.3. The van der Waals surface area contributed by atoms with Crippen LogP contribution in [0.3, 0.4) is 0 Å². The Balaban J connectivity index is -0.00000210. The zero-order valence-corrected chi connectivity index (χ0v) is 27.3. The van der Waals surface area contributed by atoms with E-state index in [-0.39, 0.29) is 31.4 Å². The second-order valence-electron chi connectivity index (χ2n) is 9.46. The quantitative estimate of drug-likeness (QED) is 0.123. The summed E-state index contributed by atoms with van der Waals surface area (Å²) in [6.07, 6.45) is 4.89. The number of nitrogens with one attached hydrogen (secondary N) is 2. The number of carboxylic acid groups (broad SMARTS) is 2. The zero-order valence-electron chi connectivity index (χ0n) is 27.3. The van der Waals surface area contributed by atoms with Crippen molar-refractivity contribution in [3.8, 4) is 0 Å². The van der Waals surface area contributed by atoms with Crippen LogP contribution in [-0.4, -0.2) is 164 Å². The molecule has 0 aromatic heterocycles. The van der Waals surface area contributed by atoms with Crippen LogP contribution in [0.2, 0.25) is 0 Å². The molecule has 0 aliphatic carbocycles. The SMILES string of the molecule is CC.CCCCNC(=O)CCCCNC(=O)CN1CCN(CC)CCN(CC=O)CCN(CC(=O)O)CC1.CO.O=CO. The fourth-order valence-corrected chi connectivity index (χ4v) is 4.08. The summed E-state index contributed by atoms with van der Waals surface area (Å²) in [5, 5.41) is 29.1. The van der Waals surface area contributed by atoms with E-state index < -0.39 is 5.97 Å². The molecule has 0 saturated carbocycles. The summed E-state index contributed by atoms with van der Waals surface area (Å²) in [6, 6.07) is 0. The minimum absolute atomic E-state index is 0.0560. The Kier molecular flexibility index (Phi) is 35.3. The third-order valence-corrected chi connectivity index (χ3v) is 6.44. The first-order valence-corrected chi connectivity index (χ1v) is 15.4. The first kappa shape index (κ1) is 44.8. The van der Waals surface area contributed by atoms with E-state index in [2.05, 4.69) is 39.2 Å². The number of nitrogens with zero attached hydrogens (tertiary/aromatic N) is 4. The molecule has 0 unspecified atom stereocenters. The molecule has 0 atom stereocenters. The van der Waals surface area contributed by atoms with Crippen LogP contribution < -0.4 is 10.6 Å². The number of aliphatic hydroxyl groups is 1. The maximum atomic E-state index is 12.6. The van der Waals surface area contributed by atoms with Crippen LogP contribution in [0.15, 0.2) is 0 Å². The van der Waals surface area contributed by atoms with Crippen molar-refractivity contribution in [2.24, 2.45) is 0 Å². The lowest BCUT2D eigenvalue weighted by Crippen LogP contribution is -2.48. The number of carboxylic acids is 1. The summed E-state index contributed by atoms with van der Waals surface area (Å²) in [6.45, 7) is 16.0. The maximum Gasteiger partial charge on any atom is 0.317 e. The molecule has 1 heterocycles. The molecule has 0 radical (unpaired) electrons. The van der Waals surface area contributed by atoms with E-state index in [4.69, 9.17) is 15.0 Å². The maximum absolute atomic E-state index is 12.6. The van der Waals surface area contributed by atoms with Gasteiger partial charge in [-0.15, -0.1) is 0 Å². The average molecular weight is 621 g/mol. The van der Waals surface area contributed by atoms with E-state index in [1.165, 1.54) is 0 Å². The molecular weight excluding hydrogens is 560 g/mol. The molecule has 0 spiro atoms. The number of likely N-dealkylation sites (N-methyl/N-ethyl adjacent to an activating group) is 1. The van der Waals surface area contributed by atoms with E-state index >= 15 is 0 Å². The lowest BCUT2D eigenvalue weighted by atomic mass is 10.2. The van der Waals surface area contributed by atoms with Crippen molar-refractivity contribution in [1.82, 2.24) is 30.2 Å². The van der Waals surface area contributed by atoms with E-state index in [0.29, 0.717) is 52.2 Å². The van der Waals surface area contributed by atoms with Gasteiger partial charge in [-0.25, -0.2) is 0 Å². The monoisotopic (exact) mass is 620 g/mol. The topological polar surface area (TPSA) is 183 Å². The predicted octanol–water partition coefficient (Wildman–Crippen LogP) is 0.0497. The molecule has 43 heavy (non-hydrogen) atoms. The second-order valence-corrected chi connectivity index (χ2v) is 9.46. The molecule has 1 aliphatic rings. The van der Waals surface area contributed by atoms with Gasteiger partial charge in [0.1, 0.15) is 6.29 Å². The van der Waals surface area contributed by atoms with Crippen LogP contribution in [0.25, 0.3) is 0 Å². The van der Waals surface area contributed by atoms with Gasteiger partial charge in [0, 0.05) is 79.0 Å². The number of carbonyl (C=O) groups is 5. The number of aliphatic carboxylic acids is 1. The molecule has 1 saturated heterocycles. The molecule has 5 N–H and O–H groups in total. The first-order valence-electron chi connectivity index (χ1n) is 15.4. The Labute approximate surface area is 258 Å². The standard InChI is InChI=1S/C25H48N6O5.C2H6.CH2O2.CH4O/c1-3-5-9-26-23(33)8-6-7-10-27-24(34)21-30-15-12-28(4-2)11-13-29(19-20-32)14-16-31(18-17-30)22-25(35)36;1-2;2-1-3;1-2/h20H,3-19,21-22H2,1-2H3,(H,26,33)(H,27,34)(H,35,36);1-2H3;1H,(H,2,3);2H,1H3. The molecule has 1 rings (SSSR count). The van der Waals surface area contributed by atoms with Crippen molar-refractivity contribution in [1.29, 1.82) is 0 Å². The van der Waals surface area contributed by atoms with Crippen LogP contribution in [0.5, 0.6) is 0 Å². The normalized spacial score (nSPS) is 15.3. The van der Waals surface area contributed by atoms with Gasteiger partial charge in [0.15, 0.2) is 0 Å². The third kappa shape index (κ3) is 29.2. The highest BCUT2D eigenvalue weighted by atomic mass is 16.4. The number of carbonyl (C=O) groups excluding carboxylic acids is 3. The van der Waals surface area contributed by atoms with Crippen LogP contribution >= 0.6 is 0 Å². The van der Waals surface area contributed by atoms with Crippen molar-refractivity contribution in [3.63, 3.8) is 0 Å². The molecule has 14 heteroatoms. The average Bonchev–Trinajstić information content (AvgIpc) is 2.99. The van der Waals surface area contributed by atoms with Gasteiger partial charge in [0.05, 0.1) is 19.6 Å². The number of hydrogen-bond donors (Lipinski definition) is 5. The van der Waals surface area contributed by atoms with Crippen molar-refractivity contribution >= 4 is 30.5 Å². The Hall–Kier alpha value is -2.65.